The van der Waals surface area contributed by atoms with Crippen LogP contribution >= 0.6 is 0 Å². The number of hydrogen-bond acceptors (Lipinski definition) is 4. The Morgan fingerprint density at radius 1 is 1.10 bits per heavy atom. The summed E-state index contributed by atoms with van der Waals surface area (Å²) >= 11 is 0. The Morgan fingerprint density at radius 3 is 2.48 bits per heavy atom. The topological polar surface area (TPSA) is 61.9 Å². The maximum atomic E-state index is 12.6. The Hall–Kier alpha value is -2.08. The second-order valence-corrected chi connectivity index (χ2v) is 10.6. The average molecular weight is 424 g/mol. The van der Waals surface area contributed by atoms with E-state index in [-0.39, 0.29) is 18.4 Å². The van der Waals surface area contributed by atoms with Gasteiger partial charge in [-0.25, -0.2) is 0 Å². The van der Waals surface area contributed by atoms with Crippen LogP contribution in [-0.4, -0.2) is 61.4 Å². The van der Waals surface area contributed by atoms with Gasteiger partial charge >= 0.3 is 0 Å². The molecule has 1 aliphatic heterocycles. The zero-order valence-corrected chi connectivity index (χ0v) is 18.4. The van der Waals surface area contributed by atoms with Gasteiger partial charge in [0.15, 0.2) is 0 Å². The summed E-state index contributed by atoms with van der Waals surface area (Å²) in [4.78, 5) is 29.5. The van der Waals surface area contributed by atoms with Crippen LogP contribution in [0.2, 0.25) is 0 Å². The molecule has 6 nitrogen and oxygen atoms in total. The largest absolute Gasteiger partial charge is 0.497 e. The number of piperazine rings is 1. The van der Waals surface area contributed by atoms with Gasteiger partial charge in [0.25, 0.3) is 0 Å². The van der Waals surface area contributed by atoms with Crippen molar-refractivity contribution in [2.45, 2.75) is 38.6 Å². The molecule has 1 N–H and O–H groups in total. The van der Waals surface area contributed by atoms with Crippen LogP contribution in [0.15, 0.2) is 24.3 Å². The van der Waals surface area contributed by atoms with Gasteiger partial charge in [-0.2, -0.15) is 0 Å². The lowest BCUT2D eigenvalue weighted by molar-refractivity contribution is -0.430. The third-order valence-corrected chi connectivity index (χ3v) is 9.56. The summed E-state index contributed by atoms with van der Waals surface area (Å²) < 4.78 is 5.30. The van der Waals surface area contributed by atoms with E-state index in [9.17, 15) is 9.59 Å². The van der Waals surface area contributed by atoms with Gasteiger partial charge in [0.1, 0.15) is 5.75 Å². The minimum atomic E-state index is 0.0492. The summed E-state index contributed by atoms with van der Waals surface area (Å²) in [5.41, 5.74) is 2.11. The zero-order valence-electron chi connectivity index (χ0n) is 18.4. The van der Waals surface area contributed by atoms with Crippen molar-refractivity contribution in [3.05, 3.63) is 29.8 Å². The molecule has 6 heteroatoms. The Bertz CT molecular complexity index is 882. The first kappa shape index (κ1) is 19.6. The monoisotopic (exact) mass is 423 g/mol. The standard InChI is InChI=1S/C25H33N3O3/c1-31-21-4-2-3-17(9-21)16-27-5-7-28(8-6-27)23(30)15-26-22(29)14-24-12-19-10-18-11-20(13-24)25(18,19)24/h2-4,9,18-20H,5-8,10-16H2,1H3,(H,26,29). The predicted molar refractivity (Wildman–Crippen MR) is 116 cm³/mol. The van der Waals surface area contributed by atoms with E-state index in [2.05, 4.69) is 22.3 Å². The Kier molecular flexibility index (Phi) is 4.40. The van der Waals surface area contributed by atoms with Crippen molar-refractivity contribution in [1.29, 1.82) is 0 Å². The van der Waals surface area contributed by atoms with Crippen molar-refractivity contribution in [2.75, 3.05) is 39.8 Å². The fourth-order valence-electron chi connectivity index (χ4n) is 8.30. The second-order valence-electron chi connectivity index (χ2n) is 10.6. The number of hydrogen-bond donors (Lipinski definition) is 1. The van der Waals surface area contributed by atoms with Crippen LogP contribution in [0, 0.1) is 28.6 Å². The Morgan fingerprint density at radius 2 is 1.84 bits per heavy atom. The highest BCUT2D eigenvalue weighted by Gasteiger charge is 2.87. The molecule has 0 radical (unpaired) electrons. The summed E-state index contributed by atoms with van der Waals surface area (Å²) in [5, 5.41) is 2.95. The van der Waals surface area contributed by atoms with Gasteiger partial charge in [0.05, 0.1) is 13.7 Å². The Labute approximate surface area is 184 Å². The third kappa shape index (κ3) is 2.73. The van der Waals surface area contributed by atoms with Crippen molar-refractivity contribution in [3.8, 4) is 5.75 Å². The molecule has 1 aromatic carbocycles. The highest BCUT2D eigenvalue weighted by atomic mass is 16.5. The van der Waals surface area contributed by atoms with E-state index in [1.54, 1.807) is 7.11 Å². The normalized spacial score (nSPS) is 37.2. The number of rotatable bonds is 7. The Balaban J connectivity index is 0.939. The number of ether oxygens (including phenoxy) is 1. The first-order valence-electron chi connectivity index (χ1n) is 11.9. The summed E-state index contributed by atoms with van der Waals surface area (Å²) in [6.45, 7) is 4.16. The molecule has 6 rings (SSSR count). The summed E-state index contributed by atoms with van der Waals surface area (Å²) in [5.74, 6) is 3.79. The number of nitrogens with one attached hydrogen (secondary N) is 1. The molecular weight excluding hydrogens is 390 g/mol. The van der Waals surface area contributed by atoms with E-state index < -0.39 is 0 Å². The van der Waals surface area contributed by atoms with Crippen molar-refractivity contribution < 1.29 is 14.3 Å². The van der Waals surface area contributed by atoms with E-state index in [0.717, 1.165) is 56.2 Å². The number of amides is 2. The first-order valence-corrected chi connectivity index (χ1v) is 11.9. The fraction of sp³-hybridized carbons (Fsp3) is 0.680. The molecule has 1 aromatic rings. The fourth-order valence-corrected chi connectivity index (χ4v) is 8.30. The van der Waals surface area contributed by atoms with E-state index >= 15 is 0 Å². The van der Waals surface area contributed by atoms with Crippen LogP contribution < -0.4 is 10.1 Å². The molecule has 5 aliphatic rings. The maximum absolute atomic E-state index is 12.6. The SMILES string of the molecule is COc1cccc(CN2CCN(C(=O)CNC(=O)CC34CC5CC6CC(C3)C654)CC2)c1. The van der Waals surface area contributed by atoms with Gasteiger partial charge in [-0.3, -0.25) is 14.5 Å². The average Bonchev–Trinajstić information content (AvgIpc) is 2.73. The van der Waals surface area contributed by atoms with Gasteiger partial charge in [0, 0.05) is 39.1 Å². The summed E-state index contributed by atoms with van der Waals surface area (Å²) in [6.07, 6.45) is 6.01. The van der Waals surface area contributed by atoms with E-state index in [1.165, 1.54) is 31.2 Å². The molecule has 1 heterocycles. The maximum Gasteiger partial charge on any atom is 0.242 e. The molecule has 1 saturated heterocycles. The quantitative estimate of drug-likeness (QED) is 0.731. The van der Waals surface area contributed by atoms with Gasteiger partial charge in [-0.15, -0.1) is 0 Å². The van der Waals surface area contributed by atoms with Gasteiger partial charge < -0.3 is 15.0 Å². The minimum absolute atomic E-state index is 0.0492. The van der Waals surface area contributed by atoms with Crippen LogP contribution in [0.4, 0.5) is 0 Å². The van der Waals surface area contributed by atoms with E-state index in [1.807, 2.05) is 17.0 Å². The van der Waals surface area contributed by atoms with Gasteiger partial charge in [-0.1, -0.05) is 12.1 Å². The molecule has 31 heavy (non-hydrogen) atoms. The van der Waals surface area contributed by atoms with Gasteiger partial charge in [0.2, 0.25) is 11.8 Å². The molecule has 166 valence electrons. The molecule has 0 aromatic heterocycles. The lowest BCUT2D eigenvalue weighted by Gasteiger charge is -2.91. The van der Waals surface area contributed by atoms with Crippen LogP contribution in [0.3, 0.4) is 0 Å². The molecule has 5 fully saturated rings. The lowest BCUT2D eigenvalue weighted by atomic mass is 9.13. The lowest BCUT2D eigenvalue weighted by Crippen LogP contribution is -2.85. The number of carbonyl (C=O) groups is 2. The third-order valence-electron chi connectivity index (χ3n) is 9.56. The zero-order chi connectivity index (χ0) is 21.2. The highest BCUT2D eigenvalue weighted by molar-refractivity contribution is 5.85. The summed E-state index contributed by atoms with van der Waals surface area (Å²) in [6, 6.07) is 8.14. The van der Waals surface area contributed by atoms with E-state index in [0.29, 0.717) is 17.3 Å². The smallest absolute Gasteiger partial charge is 0.242 e. The minimum Gasteiger partial charge on any atom is -0.497 e. The molecule has 2 amide bonds. The number of methoxy groups -OCH3 is 1. The molecule has 2 atom stereocenters. The van der Waals surface area contributed by atoms with Crippen molar-refractivity contribution >= 4 is 11.8 Å². The van der Waals surface area contributed by atoms with Gasteiger partial charge in [-0.05, 0) is 72.0 Å². The van der Waals surface area contributed by atoms with Crippen LogP contribution in [0.5, 0.6) is 5.75 Å². The van der Waals surface area contributed by atoms with Crippen molar-refractivity contribution in [1.82, 2.24) is 15.1 Å². The highest BCUT2D eigenvalue weighted by Crippen LogP contribution is 2.93. The van der Waals surface area contributed by atoms with Crippen LogP contribution in [0.25, 0.3) is 0 Å². The molecule has 4 saturated carbocycles. The molecule has 2 unspecified atom stereocenters. The number of carbonyl (C=O) groups excluding carboxylic acids is 2. The van der Waals surface area contributed by atoms with Crippen LogP contribution in [-0.2, 0) is 16.1 Å². The molecular formula is C25H33N3O3. The second kappa shape index (κ2) is 6.96. The van der Waals surface area contributed by atoms with Crippen LogP contribution in [0.1, 0.15) is 37.7 Å². The number of benzene rings is 1. The predicted octanol–water partition coefficient (Wildman–Crippen LogP) is 2.28. The number of nitrogens with zero attached hydrogens (tertiary/aromatic N) is 2. The molecule has 1 spiro atoms. The summed E-state index contributed by atoms with van der Waals surface area (Å²) in [7, 11) is 1.69. The molecule has 0 bridgehead atoms. The first-order chi connectivity index (χ1) is 15.0. The van der Waals surface area contributed by atoms with Crippen molar-refractivity contribution in [2.24, 2.45) is 28.6 Å². The van der Waals surface area contributed by atoms with E-state index in [4.69, 9.17) is 4.74 Å². The van der Waals surface area contributed by atoms with Crippen molar-refractivity contribution in [3.63, 3.8) is 0 Å². The molecule has 4 aliphatic carbocycles.